The van der Waals surface area contributed by atoms with E-state index in [0.717, 1.165) is 31.8 Å². The Morgan fingerprint density at radius 1 is 1.42 bits per heavy atom. The van der Waals surface area contributed by atoms with Gasteiger partial charge in [-0.25, -0.2) is 0 Å². The van der Waals surface area contributed by atoms with E-state index in [1.54, 1.807) is 0 Å². The Labute approximate surface area is 125 Å². The van der Waals surface area contributed by atoms with Crippen molar-refractivity contribution in [3.05, 3.63) is 15.9 Å². The van der Waals surface area contributed by atoms with Crippen molar-refractivity contribution in [2.24, 2.45) is 18.4 Å². The van der Waals surface area contributed by atoms with Gasteiger partial charge in [-0.1, -0.05) is 20.8 Å². The average Bonchev–Trinajstić information content (AvgIpc) is 3.20. The second kappa shape index (κ2) is 5.96. The minimum Gasteiger partial charge on any atom is -0.316 e. The molecule has 3 nitrogen and oxygen atoms in total. The van der Waals surface area contributed by atoms with Gasteiger partial charge in [0.2, 0.25) is 0 Å². The fourth-order valence-electron chi connectivity index (χ4n) is 2.94. The lowest BCUT2D eigenvalue weighted by molar-refractivity contribution is 0.252. The quantitative estimate of drug-likeness (QED) is 0.832. The van der Waals surface area contributed by atoms with Crippen LogP contribution in [-0.4, -0.2) is 22.9 Å². The average molecular weight is 328 g/mol. The van der Waals surface area contributed by atoms with E-state index in [9.17, 15) is 0 Å². The first-order valence-corrected chi connectivity index (χ1v) is 8.22. The van der Waals surface area contributed by atoms with Gasteiger partial charge in [-0.15, -0.1) is 0 Å². The van der Waals surface area contributed by atoms with Gasteiger partial charge in [0.15, 0.2) is 0 Å². The molecule has 1 aromatic heterocycles. The standard InChI is InChI=1S/C15H26BrN3/c1-5-12-14(16)13(19(4)18-12)9-15(3,10-17-6-2)11-7-8-11/h11,17H,5-10H2,1-4H3. The zero-order valence-electron chi connectivity index (χ0n) is 12.6. The lowest BCUT2D eigenvalue weighted by Crippen LogP contribution is -2.36. The maximum absolute atomic E-state index is 4.62. The predicted octanol–water partition coefficient (Wildman–Crippen LogP) is 3.31. The van der Waals surface area contributed by atoms with Crippen molar-refractivity contribution >= 4 is 15.9 Å². The zero-order chi connectivity index (χ0) is 14.0. The lowest BCUT2D eigenvalue weighted by atomic mass is 9.80. The van der Waals surface area contributed by atoms with E-state index in [-0.39, 0.29) is 0 Å². The van der Waals surface area contributed by atoms with Crippen molar-refractivity contribution in [2.45, 2.75) is 46.5 Å². The molecule has 4 heteroatoms. The molecule has 1 atom stereocenters. The molecule has 1 fully saturated rings. The summed E-state index contributed by atoms with van der Waals surface area (Å²) >= 11 is 3.75. The van der Waals surface area contributed by atoms with Gasteiger partial charge in [-0.3, -0.25) is 4.68 Å². The molecular formula is C15H26BrN3. The first-order chi connectivity index (χ1) is 9.01. The number of rotatable bonds is 7. The van der Waals surface area contributed by atoms with Crippen molar-refractivity contribution in [1.82, 2.24) is 15.1 Å². The van der Waals surface area contributed by atoms with E-state index in [1.807, 2.05) is 0 Å². The molecular weight excluding hydrogens is 302 g/mol. The predicted molar refractivity (Wildman–Crippen MR) is 83.4 cm³/mol. The largest absolute Gasteiger partial charge is 0.316 e. The summed E-state index contributed by atoms with van der Waals surface area (Å²) in [6.45, 7) is 8.93. The van der Waals surface area contributed by atoms with Crippen molar-refractivity contribution in [3.63, 3.8) is 0 Å². The van der Waals surface area contributed by atoms with Crippen LogP contribution in [0.2, 0.25) is 0 Å². The van der Waals surface area contributed by atoms with E-state index in [2.05, 4.69) is 58.8 Å². The third-order valence-electron chi connectivity index (χ3n) is 4.42. The van der Waals surface area contributed by atoms with Gasteiger partial charge in [0.25, 0.3) is 0 Å². The molecule has 2 rings (SSSR count). The Hall–Kier alpha value is -0.350. The molecule has 0 saturated heterocycles. The number of nitrogens with zero attached hydrogens (tertiary/aromatic N) is 2. The number of hydrogen-bond acceptors (Lipinski definition) is 2. The topological polar surface area (TPSA) is 29.9 Å². The molecule has 1 unspecified atom stereocenters. The fraction of sp³-hybridized carbons (Fsp3) is 0.800. The van der Waals surface area contributed by atoms with Crippen LogP contribution in [0.15, 0.2) is 4.47 Å². The molecule has 1 aromatic rings. The summed E-state index contributed by atoms with van der Waals surface area (Å²) in [5, 5.41) is 8.17. The van der Waals surface area contributed by atoms with Gasteiger partial charge in [-0.05, 0) is 59.5 Å². The highest BCUT2D eigenvalue weighted by atomic mass is 79.9. The van der Waals surface area contributed by atoms with Crippen LogP contribution in [0, 0.1) is 11.3 Å². The second-order valence-electron chi connectivity index (χ2n) is 6.07. The van der Waals surface area contributed by atoms with Crippen LogP contribution in [0.25, 0.3) is 0 Å². The molecule has 1 N–H and O–H groups in total. The molecule has 1 saturated carbocycles. The molecule has 0 aromatic carbocycles. The third-order valence-corrected chi connectivity index (χ3v) is 5.33. The molecule has 19 heavy (non-hydrogen) atoms. The Morgan fingerprint density at radius 2 is 2.11 bits per heavy atom. The molecule has 1 aliphatic rings. The van der Waals surface area contributed by atoms with Crippen LogP contribution in [0.1, 0.15) is 45.0 Å². The first-order valence-electron chi connectivity index (χ1n) is 7.42. The Balaban J connectivity index is 2.19. The van der Waals surface area contributed by atoms with Crippen LogP contribution in [0.4, 0.5) is 0 Å². The summed E-state index contributed by atoms with van der Waals surface area (Å²) < 4.78 is 3.29. The SMILES string of the molecule is CCNCC(C)(Cc1c(Br)c(CC)nn1C)C1CC1. The number of nitrogens with one attached hydrogen (secondary N) is 1. The van der Waals surface area contributed by atoms with Gasteiger partial charge in [-0.2, -0.15) is 5.10 Å². The molecule has 108 valence electrons. The highest BCUT2D eigenvalue weighted by molar-refractivity contribution is 9.10. The number of aromatic nitrogens is 2. The smallest absolute Gasteiger partial charge is 0.0766 e. The summed E-state index contributed by atoms with van der Waals surface area (Å²) in [6.07, 6.45) is 4.87. The maximum atomic E-state index is 4.62. The Kier molecular flexibility index (Phi) is 4.72. The Bertz CT molecular complexity index is 437. The first kappa shape index (κ1) is 15.0. The minimum absolute atomic E-state index is 0.358. The Morgan fingerprint density at radius 3 is 2.58 bits per heavy atom. The summed E-state index contributed by atoms with van der Waals surface area (Å²) in [6, 6.07) is 0. The monoisotopic (exact) mass is 327 g/mol. The molecule has 1 aliphatic carbocycles. The molecule has 0 radical (unpaired) electrons. The van der Waals surface area contributed by atoms with Gasteiger partial charge in [0.1, 0.15) is 0 Å². The molecule has 0 spiro atoms. The van der Waals surface area contributed by atoms with Crippen molar-refractivity contribution < 1.29 is 0 Å². The maximum Gasteiger partial charge on any atom is 0.0766 e. The number of halogens is 1. The van der Waals surface area contributed by atoms with Crippen LogP contribution >= 0.6 is 15.9 Å². The summed E-state index contributed by atoms with van der Waals surface area (Å²) in [5.74, 6) is 0.874. The lowest BCUT2D eigenvalue weighted by Gasteiger charge is -2.30. The highest BCUT2D eigenvalue weighted by Crippen LogP contribution is 2.47. The van der Waals surface area contributed by atoms with Crippen molar-refractivity contribution in [2.75, 3.05) is 13.1 Å². The van der Waals surface area contributed by atoms with Crippen molar-refractivity contribution in [3.8, 4) is 0 Å². The van der Waals surface area contributed by atoms with Gasteiger partial charge in [0.05, 0.1) is 15.9 Å². The molecule has 0 amide bonds. The van der Waals surface area contributed by atoms with Crippen LogP contribution in [0.3, 0.4) is 0 Å². The summed E-state index contributed by atoms with van der Waals surface area (Å²) in [7, 11) is 2.07. The normalized spacial score (nSPS) is 18.6. The van der Waals surface area contributed by atoms with Crippen LogP contribution in [-0.2, 0) is 19.9 Å². The molecule has 0 aliphatic heterocycles. The van der Waals surface area contributed by atoms with Crippen molar-refractivity contribution in [1.29, 1.82) is 0 Å². The van der Waals surface area contributed by atoms with Crippen LogP contribution in [0.5, 0.6) is 0 Å². The minimum atomic E-state index is 0.358. The van der Waals surface area contributed by atoms with E-state index in [0.29, 0.717) is 5.41 Å². The highest BCUT2D eigenvalue weighted by Gasteiger charge is 2.42. The second-order valence-corrected chi connectivity index (χ2v) is 6.86. The fourth-order valence-corrected chi connectivity index (χ4v) is 3.69. The van der Waals surface area contributed by atoms with Gasteiger partial charge >= 0.3 is 0 Å². The number of aryl methyl sites for hydroxylation is 2. The third kappa shape index (κ3) is 3.22. The summed E-state index contributed by atoms with van der Waals surface area (Å²) in [4.78, 5) is 0. The van der Waals surface area contributed by atoms with E-state index in [1.165, 1.54) is 28.7 Å². The summed E-state index contributed by atoms with van der Waals surface area (Å²) in [5.41, 5.74) is 2.89. The number of hydrogen-bond donors (Lipinski definition) is 1. The zero-order valence-corrected chi connectivity index (χ0v) is 14.2. The van der Waals surface area contributed by atoms with Gasteiger partial charge < -0.3 is 5.32 Å². The van der Waals surface area contributed by atoms with Gasteiger partial charge in [0, 0.05) is 13.6 Å². The van der Waals surface area contributed by atoms with Crippen LogP contribution < -0.4 is 5.32 Å². The van der Waals surface area contributed by atoms with E-state index >= 15 is 0 Å². The van der Waals surface area contributed by atoms with E-state index < -0.39 is 0 Å². The van der Waals surface area contributed by atoms with E-state index in [4.69, 9.17) is 0 Å². The molecule has 0 bridgehead atoms. The molecule has 1 heterocycles.